The predicted molar refractivity (Wildman–Crippen MR) is 117 cm³/mol. The maximum Gasteiger partial charge on any atom is 0.324 e. The molecule has 3 aromatic rings. The molecule has 2 heterocycles. The second kappa shape index (κ2) is 8.62. The van der Waals surface area contributed by atoms with Crippen molar-refractivity contribution in [3.05, 3.63) is 74.4 Å². The van der Waals surface area contributed by atoms with Gasteiger partial charge in [0.15, 0.2) is 0 Å². The molecule has 0 aliphatic rings. The number of benzene rings is 1. The number of carbonyl (C=O) groups excluding carboxylic acids is 1. The van der Waals surface area contributed by atoms with Crippen molar-refractivity contribution in [2.24, 2.45) is 5.73 Å². The Kier molecular flexibility index (Phi) is 6.13. The van der Waals surface area contributed by atoms with Gasteiger partial charge in [-0.05, 0) is 49.8 Å². The van der Waals surface area contributed by atoms with Crippen LogP contribution in [0.4, 0.5) is 10.9 Å². The quantitative estimate of drug-likeness (QED) is 0.312. The van der Waals surface area contributed by atoms with Crippen LogP contribution in [0.25, 0.3) is 11.6 Å². The number of hydrogen-bond donors (Lipinski definition) is 2. The van der Waals surface area contributed by atoms with Crippen LogP contribution in [0.3, 0.4) is 0 Å². The summed E-state index contributed by atoms with van der Waals surface area (Å²) >= 11 is 0.889. The Bertz CT molecular complexity index is 1280. The number of nitrogens with zero attached hydrogens (tertiary/aromatic N) is 3. The fourth-order valence-electron chi connectivity index (χ4n) is 2.72. The van der Waals surface area contributed by atoms with E-state index in [1.54, 1.807) is 19.9 Å². The fraction of sp³-hybridized carbons (Fsp3) is 0.105. The number of carbonyl (C=O) groups is 1. The van der Waals surface area contributed by atoms with Gasteiger partial charge in [-0.3, -0.25) is 14.9 Å². The average Bonchev–Trinajstić information content (AvgIpc) is 3.14. The summed E-state index contributed by atoms with van der Waals surface area (Å²) in [5.41, 5.74) is 7.14. The van der Waals surface area contributed by atoms with Gasteiger partial charge in [-0.25, -0.2) is 23.1 Å². The van der Waals surface area contributed by atoms with Crippen LogP contribution in [0.5, 0.6) is 0 Å². The first-order valence-electron chi connectivity index (χ1n) is 8.76. The molecule has 0 unspecified atom stereocenters. The van der Waals surface area contributed by atoms with E-state index < -0.39 is 20.9 Å². The van der Waals surface area contributed by atoms with Gasteiger partial charge in [-0.15, -0.1) is 0 Å². The van der Waals surface area contributed by atoms with Crippen molar-refractivity contribution in [2.45, 2.75) is 18.7 Å². The summed E-state index contributed by atoms with van der Waals surface area (Å²) in [6.07, 6.45) is 1.42. The maximum atomic E-state index is 12.6. The topological polar surface area (TPSA) is 158 Å². The normalized spacial score (nSPS) is 11.9. The van der Waals surface area contributed by atoms with Crippen LogP contribution in [0, 0.1) is 24.0 Å². The molecule has 0 saturated carbocycles. The lowest BCUT2D eigenvalue weighted by Gasteiger charge is -2.09. The van der Waals surface area contributed by atoms with E-state index in [0.717, 1.165) is 11.3 Å². The molecular weight excluding hydrogens is 442 g/mol. The highest BCUT2D eigenvalue weighted by Crippen LogP contribution is 2.28. The minimum absolute atomic E-state index is 0.0430. The van der Waals surface area contributed by atoms with Gasteiger partial charge in [0.2, 0.25) is 11.9 Å². The van der Waals surface area contributed by atoms with Crippen molar-refractivity contribution >= 4 is 49.9 Å². The summed E-state index contributed by atoms with van der Waals surface area (Å²) in [6.45, 7) is 3.45. The van der Waals surface area contributed by atoms with Gasteiger partial charge in [0, 0.05) is 27.9 Å². The first-order valence-corrected chi connectivity index (χ1v) is 11.1. The van der Waals surface area contributed by atoms with Crippen molar-refractivity contribution in [1.29, 1.82) is 0 Å². The highest BCUT2D eigenvalue weighted by Gasteiger charge is 2.18. The molecule has 3 rings (SSSR count). The second-order valence-corrected chi connectivity index (χ2v) is 9.24. The summed E-state index contributed by atoms with van der Waals surface area (Å²) in [7, 11) is -3.96. The van der Waals surface area contributed by atoms with E-state index in [1.807, 2.05) is 0 Å². The van der Waals surface area contributed by atoms with Crippen LogP contribution in [-0.2, 0) is 14.8 Å². The summed E-state index contributed by atoms with van der Waals surface area (Å²) < 4.78 is 27.6. The molecule has 1 aromatic carbocycles. The molecule has 2 aromatic heterocycles. The SMILES string of the molecule is Cc1cc(C)nc(NS(=O)(=O)c2ccc(C(=Cc3ccc([N+](=O)[O-])s3)C(N)=O)cc2)n1. The lowest BCUT2D eigenvalue weighted by Crippen LogP contribution is -2.16. The number of amides is 1. The Balaban J connectivity index is 1.89. The van der Waals surface area contributed by atoms with E-state index in [1.165, 1.54) is 42.5 Å². The number of sulfonamides is 1. The van der Waals surface area contributed by atoms with Gasteiger partial charge in [0.1, 0.15) is 0 Å². The van der Waals surface area contributed by atoms with E-state index in [9.17, 15) is 23.3 Å². The molecule has 0 spiro atoms. The number of aryl methyl sites for hydroxylation is 2. The first kappa shape index (κ1) is 22.1. The Morgan fingerprint density at radius 3 is 2.26 bits per heavy atom. The zero-order chi connectivity index (χ0) is 22.8. The number of nitrogens with two attached hydrogens (primary N) is 1. The number of aromatic nitrogens is 2. The van der Waals surface area contributed by atoms with E-state index in [0.29, 0.717) is 21.8 Å². The average molecular weight is 460 g/mol. The van der Waals surface area contributed by atoms with Crippen LogP contribution in [0.15, 0.2) is 47.4 Å². The largest absolute Gasteiger partial charge is 0.366 e. The van der Waals surface area contributed by atoms with Crippen molar-refractivity contribution in [3.63, 3.8) is 0 Å². The molecule has 0 atom stereocenters. The minimum Gasteiger partial charge on any atom is -0.366 e. The molecule has 0 saturated heterocycles. The van der Waals surface area contributed by atoms with Crippen molar-refractivity contribution in [3.8, 4) is 0 Å². The van der Waals surface area contributed by atoms with Gasteiger partial charge in [-0.1, -0.05) is 23.5 Å². The molecule has 0 aliphatic carbocycles. The maximum absolute atomic E-state index is 12.6. The second-order valence-electron chi connectivity index (χ2n) is 6.46. The lowest BCUT2D eigenvalue weighted by atomic mass is 10.0. The standard InChI is InChI=1S/C19H17N5O5S2/c1-11-9-12(2)22-19(21-11)23-31(28,29)15-6-3-13(4-7-15)16(18(20)25)10-14-5-8-17(30-14)24(26)27/h3-10H,1-2H3,(H2,20,25)(H,21,22,23). The van der Waals surface area contributed by atoms with Gasteiger partial charge >= 0.3 is 5.00 Å². The van der Waals surface area contributed by atoms with E-state index in [2.05, 4.69) is 14.7 Å². The van der Waals surface area contributed by atoms with E-state index >= 15 is 0 Å². The first-order chi connectivity index (χ1) is 14.5. The molecule has 0 fully saturated rings. The monoisotopic (exact) mass is 459 g/mol. The summed E-state index contributed by atoms with van der Waals surface area (Å²) in [4.78, 5) is 30.7. The zero-order valence-electron chi connectivity index (χ0n) is 16.4. The molecule has 1 amide bonds. The molecule has 3 N–H and O–H groups in total. The molecule has 0 aliphatic heterocycles. The van der Waals surface area contributed by atoms with Crippen molar-refractivity contribution in [1.82, 2.24) is 9.97 Å². The fourth-order valence-corrected chi connectivity index (χ4v) is 4.43. The van der Waals surface area contributed by atoms with Crippen LogP contribution in [0.2, 0.25) is 0 Å². The number of primary amides is 1. The molecular formula is C19H17N5O5S2. The number of hydrogen-bond acceptors (Lipinski definition) is 8. The van der Waals surface area contributed by atoms with Crippen LogP contribution in [-0.4, -0.2) is 29.2 Å². The Labute approximate surface area is 181 Å². The third kappa shape index (κ3) is 5.29. The summed E-state index contributed by atoms with van der Waals surface area (Å²) in [5.74, 6) is -0.799. The highest BCUT2D eigenvalue weighted by atomic mass is 32.2. The molecule has 160 valence electrons. The molecule has 0 bridgehead atoms. The Morgan fingerprint density at radius 2 is 1.74 bits per heavy atom. The molecule has 12 heteroatoms. The molecule has 0 radical (unpaired) electrons. The Hall–Kier alpha value is -3.64. The number of nitro groups is 1. The van der Waals surface area contributed by atoms with Crippen molar-refractivity contribution in [2.75, 3.05) is 4.72 Å². The predicted octanol–water partition coefficient (Wildman–Crippen LogP) is 2.89. The van der Waals surface area contributed by atoms with Gasteiger partial charge < -0.3 is 5.73 Å². The van der Waals surface area contributed by atoms with E-state index in [4.69, 9.17) is 5.73 Å². The number of nitrogens with one attached hydrogen (secondary N) is 1. The van der Waals surface area contributed by atoms with Crippen LogP contribution >= 0.6 is 11.3 Å². The van der Waals surface area contributed by atoms with Crippen LogP contribution in [0.1, 0.15) is 21.8 Å². The van der Waals surface area contributed by atoms with Gasteiger partial charge in [0.25, 0.3) is 10.0 Å². The summed E-state index contributed by atoms with van der Waals surface area (Å²) in [6, 6.07) is 10.0. The van der Waals surface area contributed by atoms with Gasteiger partial charge in [-0.2, -0.15) is 0 Å². The lowest BCUT2D eigenvalue weighted by molar-refractivity contribution is -0.380. The zero-order valence-corrected chi connectivity index (χ0v) is 18.0. The third-order valence-electron chi connectivity index (χ3n) is 4.03. The molecule has 10 nitrogen and oxygen atoms in total. The smallest absolute Gasteiger partial charge is 0.324 e. The Morgan fingerprint density at radius 1 is 1.13 bits per heavy atom. The van der Waals surface area contributed by atoms with Crippen LogP contribution < -0.4 is 10.5 Å². The number of thiophene rings is 1. The number of anilines is 1. The highest BCUT2D eigenvalue weighted by molar-refractivity contribution is 7.92. The number of rotatable bonds is 7. The molecule has 31 heavy (non-hydrogen) atoms. The van der Waals surface area contributed by atoms with Crippen molar-refractivity contribution < 1.29 is 18.1 Å². The van der Waals surface area contributed by atoms with Gasteiger partial charge in [0.05, 0.1) is 9.82 Å². The minimum atomic E-state index is -3.96. The van der Waals surface area contributed by atoms with E-state index in [-0.39, 0.29) is 21.4 Å². The summed E-state index contributed by atoms with van der Waals surface area (Å²) in [5, 5.41) is 10.8. The third-order valence-corrected chi connectivity index (χ3v) is 6.36.